The number of hydrogen-bond acceptors (Lipinski definition) is 2. The highest BCUT2D eigenvalue weighted by Crippen LogP contribution is 2.21. The number of para-hydroxylation sites is 1. The van der Waals surface area contributed by atoms with Crippen molar-refractivity contribution in [3.8, 4) is 11.5 Å². The number of benzene rings is 3. The molecule has 0 aromatic heterocycles. The van der Waals surface area contributed by atoms with Gasteiger partial charge in [-0.1, -0.05) is 29.8 Å². The first-order valence-corrected chi connectivity index (χ1v) is 7.48. The Hall–Kier alpha value is -2.78. The van der Waals surface area contributed by atoms with E-state index in [0.717, 1.165) is 5.75 Å². The van der Waals surface area contributed by atoms with Crippen molar-refractivity contribution in [3.63, 3.8) is 0 Å². The molecule has 0 saturated carbocycles. The van der Waals surface area contributed by atoms with E-state index in [4.69, 9.17) is 16.3 Å². The van der Waals surface area contributed by atoms with Gasteiger partial charge < -0.3 is 10.1 Å². The maximum atomic E-state index is 12.2. The summed E-state index contributed by atoms with van der Waals surface area (Å²) in [6.45, 7) is 0. The van der Waals surface area contributed by atoms with E-state index >= 15 is 0 Å². The molecule has 4 heteroatoms. The largest absolute Gasteiger partial charge is 0.457 e. The van der Waals surface area contributed by atoms with Crippen molar-refractivity contribution in [1.29, 1.82) is 0 Å². The Balaban J connectivity index is 1.66. The normalized spacial score (nSPS) is 10.1. The van der Waals surface area contributed by atoms with Crippen molar-refractivity contribution in [1.82, 2.24) is 0 Å². The summed E-state index contributed by atoms with van der Waals surface area (Å²) in [5.74, 6) is 1.25. The van der Waals surface area contributed by atoms with Crippen molar-refractivity contribution in [2.45, 2.75) is 0 Å². The molecule has 0 radical (unpaired) electrons. The number of halogens is 1. The minimum absolute atomic E-state index is 0.182. The Morgan fingerprint density at radius 1 is 0.783 bits per heavy atom. The molecule has 0 aliphatic carbocycles. The molecule has 23 heavy (non-hydrogen) atoms. The molecule has 3 rings (SSSR count). The van der Waals surface area contributed by atoms with Gasteiger partial charge in [0, 0.05) is 16.3 Å². The number of carbonyl (C=O) groups is 1. The van der Waals surface area contributed by atoms with Crippen molar-refractivity contribution < 1.29 is 9.53 Å². The van der Waals surface area contributed by atoms with Crippen LogP contribution in [-0.4, -0.2) is 5.91 Å². The number of amides is 1. The summed E-state index contributed by atoms with van der Waals surface area (Å²) in [6.07, 6.45) is 0. The van der Waals surface area contributed by atoms with Gasteiger partial charge in [-0.15, -0.1) is 0 Å². The van der Waals surface area contributed by atoms with Crippen LogP contribution in [0, 0.1) is 0 Å². The van der Waals surface area contributed by atoms with Crippen LogP contribution in [0.1, 0.15) is 10.4 Å². The summed E-state index contributed by atoms with van der Waals surface area (Å²) in [5.41, 5.74) is 1.25. The van der Waals surface area contributed by atoms with Crippen LogP contribution in [0.2, 0.25) is 5.02 Å². The van der Waals surface area contributed by atoms with Crippen molar-refractivity contribution >= 4 is 23.2 Å². The summed E-state index contributed by atoms with van der Waals surface area (Å²) in [6, 6.07) is 23.5. The zero-order valence-corrected chi connectivity index (χ0v) is 13.0. The molecule has 0 atom stereocenters. The molecule has 0 fully saturated rings. The van der Waals surface area contributed by atoms with E-state index < -0.39 is 0 Å². The van der Waals surface area contributed by atoms with Gasteiger partial charge in [0.1, 0.15) is 11.5 Å². The number of ether oxygens (including phenoxy) is 1. The molecular formula is C19H14ClNO2. The molecule has 3 aromatic rings. The third kappa shape index (κ3) is 4.11. The van der Waals surface area contributed by atoms with Gasteiger partial charge >= 0.3 is 0 Å². The molecule has 0 spiro atoms. The molecule has 0 aliphatic rings. The Labute approximate surface area is 139 Å². The van der Waals surface area contributed by atoms with Crippen molar-refractivity contribution in [3.05, 3.63) is 89.4 Å². The lowest BCUT2D eigenvalue weighted by molar-refractivity contribution is 0.102. The Bertz CT molecular complexity index is 784. The van der Waals surface area contributed by atoms with Gasteiger partial charge in [-0.2, -0.15) is 0 Å². The maximum Gasteiger partial charge on any atom is 0.255 e. The van der Waals surface area contributed by atoms with E-state index in [1.807, 2.05) is 30.3 Å². The fraction of sp³-hybridized carbons (Fsp3) is 0. The molecule has 0 saturated heterocycles. The molecule has 1 N–H and O–H groups in total. The summed E-state index contributed by atoms with van der Waals surface area (Å²) in [5, 5.41) is 3.45. The van der Waals surface area contributed by atoms with Crippen molar-refractivity contribution in [2.24, 2.45) is 0 Å². The van der Waals surface area contributed by atoms with Crippen LogP contribution in [-0.2, 0) is 0 Å². The summed E-state index contributed by atoms with van der Waals surface area (Å²) >= 11 is 5.82. The van der Waals surface area contributed by atoms with Crippen LogP contribution in [0.3, 0.4) is 0 Å². The number of rotatable bonds is 4. The fourth-order valence-corrected chi connectivity index (χ4v) is 2.16. The van der Waals surface area contributed by atoms with Gasteiger partial charge in [-0.05, 0) is 60.7 Å². The number of nitrogens with one attached hydrogen (secondary N) is 1. The molecule has 0 unspecified atom stereocenters. The number of anilines is 1. The quantitative estimate of drug-likeness (QED) is 0.699. The third-order valence-electron chi connectivity index (χ3n) is 3.20. The standard InChI is InChI=1S/C19H14ClNO2/c20-15-8-10-16(11-9-15)21-19(22)14-6-12-18(13-7-14)23-17-4-2-1-3-5-17/h1-13H,(H,21,22). The minimum Gasteiger partial charge on any atom is -0.457 e. The highest BCUT2D eigenvalue weighted by atomic mass is 35.5. The Morgan fingerprint density at radius 3 is 2.04 bits per heavy atom. The minimum atomic E-state index is -0.182. The highest BCUT2D eigenvalue weighted by Gasteiger charge is 2.06. The molecule has 3 nitrogen and oxygen atoms in total. The van der Waals surface area contributed by atoms with E-state index in [1.54, 1.807) is 48.5 Å². The van der Waals surface area contributed by atoms with Crippen LogP contribution in [0.5, 0.6) is 11.5 Å². The average Bonchev–Trinajstić information content (AvgIpc) is 2.58. The maximum absolute atomic E-state index is 12.2. The van der Waals surface area contributed by atoms with Gasteiger partial charge in [-0.25, -0.2) is 0 Å². The van der Waals surface area contributed by atoms with Crippen LogP contribution in [0.4, 0.5) is 5.69 Å². The topological polar surface area (TPSA) is 38.3 Å². The average molecular weight is 324 g/mol. The van der Waals surface area contributed by atoms with Gasteiger partial charge in [0.15, 0.2) is 0 Å². The van der Waals surface area contributed by atoms with Crippen molar-refractivity contribution in [2.75, 3.05) is 5.32 Å². The number of carbonyl (C=O) groups excluding carboxylic acids is 1. The van der Waals surface area contributed by atoms with Crippen LogP contribution in [0.15, 0.2) is 78.9 Å². The van der Waals surface area contributed by atoms with Gasteiger partial charge in [0.25, 0.3) is 5.91 Å². The van der Waals surface area contributed by atoms with Gasteiger partial charge in [-0.3, -0.25) is 4.79 Å². The van der Waals surface area contributed by atoms with E-state index in [-0.39, 0.29) is 5.91 Å². The first-order chi connectivity index (χ1) is 11.2. The third-order valence-corrected chi connectivity index (χ3v) is 3.45. The molecule has 1 amide bonds. The van der Waals surface area contributed by atoms with E-state index in [9.17, 15) is 4.79 Å². The monoisotopic (exact) mass is 323 g/mol. The second-order valence-electron chi connectivity index (χ2n) is 4.90. The fourth-order valence-electron chi connectivity index (χ4n) is 2.04. The molecular weight excluding hydrogens is 310 g/mol. The van der Waals surface area contributed by atoms with Gasteiger partial charge in [0.2, 0.25) is 0 Å². The van der Waals surface area contributed by atoms with E-state index in [1.165, 1.54) is 0 Å². The van der Waals surface area contributed by atoms with Crippen LogP contribution in [0.25, 0.3) is 0 Å². The highest BCUT2D eigenvalue weighted by molar-refractivity contribution is 6.30. The summed E-state index contributed by atoms with van der Waals surface area (Å²) in [7, 11) is 0. The molecule has 0 bridgehead atoms. The second-order valence-corrected chi connectivity index (χ2v) is 5.34. The van der Waals surface area contributed by atoms with E-state index in [2.05, 4.69) is 5.32 Å². The molecule has 3 aromatic carbocycles. The van der Waals surface area contributed by atoms with Crippen LogP contribution < -0.4 is 10.1 Å². The Kier molecular flexibility index (Phi) is 4.60. The molecule has 114 valence electrons. The van der Waals surface area contributed by atoms with Crippen LogP contribution >= 0.6 is 11.6 Å². The van der Waals surface area contributed by atoms with E-state index in [0.29, 0.717) is 22.0 Å². The smallest absolute Gasteiger partial charge is 0.255 e. The first-order valence-electron chi connectivity index (χ1n) is 7.10. The summed E-state index contributed by atoms with van der Waals surface area (Å²) < 4.78 is 5.70. The Morgan fingerprint density at radius 2 is 1.39 bits per heavy atom. The predicted octanol–water partition coefficient (Wildman–Crippen LogP) is 5.38. The summed E-state index contributed by atoms with van der Waals surface area (Å²) in [4.78, 5) is 12.2. The lowest BCUT2D eigenvalue weighted by Crippen LogP contribution is -2.11. The first kappa shape index (κ1) is 15.1. The van der Waals surface area contributed by atoms with Gasteiger partial charge in [0.05, 0.1) is 0 Å². The molecule has 0 heterocycles. The SMILES string of the molecule is O=C(Nc1ccc(Cl)cc1)c1ccc(Oc2ccccc2)cc1. The predicted molar refractivity (Wildman–Crippen MR) is 92.4 cm³/mol. The second kappa shape index (κ2) is 6.99. The lowest BCUT2D eigenvalue weighted by Gasteiger charge is -2.08. The lowest BCUT2D eigenvalue weighted by atomic mass is 10.2. The zero-order chi connectivity index (χ0) is 16.1. The zero-order valence-electron chi connectivity index (χ0n) is 12.2. The number of hydrogen-bond donors (Lipinski definition) is 1. The molecule has 0 aliphatic heterocycles.